The first-order valence-electron chi connectivity index (χ1n) is 7.85. The molecule has 20 heavy (non-hydrogen) atoms. The maximum Gasteiger partial charge on any atom is 0.129 e. The molecule has 110 valence electrons. The molecule has 2 atom stereocenters. The van der Waals surface area contributed by atoms with Gasteiger partial charge in [0.05, 0.1) is 13.2 Å². The van der Waals surface area contributed by atoms with E-state index in [1.54, 1.807) is 0 Å². The predicted octanol–water partition coefficient (Wildman–Crippen LogP) is 3.65. The molecule has 1 N–H and O–H groups in total. The van der Waals surface area contributed by atoms with E-state index in [1.807, 2.05) is 6.07 Å². The Morgan fingerprint density at radius 3 is 2.80 bits per heavy atom. The summed E-state index contributed by atoms with van der Waals surface area (Å²) in [6.07, 6.45) is 9.52. The van der Waals surface area contributed by atoms with Gasteiger partial charge in [0.2, 0.25) is 0 Å². The minimum Gasteiger partial charge on any atom is -0.462 e. The van der Waals surface area contributed by atoms with Crippen LogP contribution in [0.4, 0.5) is 0 Å². The first-order chi connectivity index (χ1) is 9.81. The van der Waals surface area contributed by atoms with Crippen LogP contribution in [0.2, 0.25) is 0 Å². The van der Waals surface area contributed by atoms with Gasteiger partial charge < -0.3 is 14.5 Å². The monoisotopic (exact) mass is 275 g/mol. The zero-order chi connectivity index (χ0) is 13.8. The molecular weight excluding hydrogens is 250 g/mol. The first-order valence-corrected chi connectivity index (χ1v) is 7.85. The summed E-state index contributed by atoms with van der Waals surface area (Å²) in [7, 11) is 0. The predicted molar refractivity (Wildman–Crippen MR) is 79.3 cm³/mol. The minimum atomic E-state index is 0.594. The van der Waals surface area contributed by atoms with Gasteiger partial charge >= 0.3 is 0 Å². The molecule has 1 fully saturated rings. The van der Waals surface area contributed by atoms with Crippen LogP contribution in [0, 0.1) is 11.8 Å². The maximum absolute atomic E-state index is 5.83. The lowest BCUT2D eigenvalue weighted by Crippen LogP contribution is -2.19. The van der Waals surface area contributed by atoms with Gasteiger partial charge in [-0.05, 0) is 49.7 Å². The van der Waals surface area contributed by atoms with Crippen molar-refractivity contribution in [2.75, 3.05) is 6.61 Å². The van der Waals surface area contributed by atoms with Crippen molar-refractivity contribution in [3.63, 3.8) is 0 Å². The van der Waals surface area contributed by atoms with Gasteiger partial charge in [-0.15, -0.1) is 0 Å². The van der Waals surface area contributed by atoms with Crippen molar-refractivity contribution in [1.82, 2.24) is 5.32 Å². The molecule has 0 aliphatic heterocycles. The molecule has 2 unspecified atom stereocenters. The molecule has 3 heteroatoms. The molecule has 1 aromatic heterocycles. The molecule has 3 rings (SSSR count). The third-order valence-corrected chi connectivity index (χ3v) is 4.35. The van der Waals surface area contributed by atoms with Crippen LogP contribution in [0.25, 0.3) is 0 Å². The van der Waals surface area contributed by atoms with Crippen molar-refractivity contribution in [2.24, 2.45) is 11.8 Å². The van der Waals surface area contributed by atoms with E-state index in [9.17, 15) is 0 Å². The van der Waals surface area contributed by atoms with E-state index >= 15 is 0 Å². The van der Waals surface area contributed by atoms with Gasteiger partial charge in [-0.1, -0.05) is 19.1 Å². The van der Waals surface area contributed by atoms with Gasteiger partial charge in [-0.25, -0.2) is 0 Å². The van der Waals surface area contributed by atoms with Gasteiger partial charge in [-0.3, -0.25) is 0 Å². The highest BCUT2D eigenvalue weighted by atomic mass is 16.5. The van der Waals surface area contributed by atoms with Crippen molar-refractivity contribution < 1.29 is 9.15 Å². The quantitative estimate of drug-likeness (QED) is 0.771. The molecule has 0 saturated heterocycles. The second-order valence-electron chi connectivity index (χ2n) is 6.22. The SMILES string of the molecule is CC1CC=CCC1COCc1ccc(CNC2CC2)o1. The highest BCUT2D eigenvalue weighted by Gasteiger charge is 2.21. The second-order valence-corrected chi connectivity index (χ2v) is 6.22. The Bertz CT molecular complexity index is 448. The Morgan fingerprint density at radius 1 is 1.20 bits per heavy atom. The van der Waals surface area contributed by atoms with Crippen molar-refractivity contribution in [3.05, 3.63) is 35.8 Å². The topological polar surface area (TPSA) is 34.4 Å². The minimum absolute atomic E-state index is 0.594. The van der Waals surface area contributed by atoms with E-state index < -0.39 is 0 Å². The summed E-state index contributed by atoms with van der Waals surface area (Å²) >= 11 is 0. The smallest absolute Gasteiger partial charge is 0.129 e. The third kappa shape index (κ3) is 3.97. The van der Waals surface area contributed by atoms with Crippen LogP contribution in [0.1, 0.15) is 44.1 Å². The number of ether oxygens (including phenoxy) is 1. The van der Waals surface area contributed by atoms with E-state index in [2.05, 4.69) is 30.5 Å². The van der Waals surface area contributed by atoms with Crippen LogP contribution < -0.4 is 5.32 Å². The van der Waals surface area contributed by atoms with E-state index in [0.717, 1.165) is 43.1 Å². The maximum atomic E-state index is 5.83. The third-order valence-electron chi connectivity index (χ3n) is 4.35. The van der Waals surface area contributed by atoms with Crippen molar-refractivity contribution in [1.29, 1.82) is 0 Å². The number of nitrogens with one attached hydrogen (secondary N) is 1. The summed E-state index contributed by atoms with van der Waals surface area (Å²) in [6, 6.07) is 4.81. The highest BCUT2D eigenvalue weighted by molar-refractivity contribution is 5.06. The first kappa shape index (κ1) is 13.9. The summed E-state index contributed by atoms with van der Waals surface area (Å²) in [5, 5.41) is 3.46. The number of furan rings is 1. The molecule has 2 aliphatic rings. The Hall–Kier alpha value is -1.06. The fourth-order valence-electron chi connectivity index (χ4n) is 2.68. The standard InChI is InChI=1S/C17H25NO2/c1-13-4-2-3-5-14(13)11-19-12-17-9-8-16(20-17)10-18-15-6-7-15/h2-3,8-9,13-15,18H,4-7,10-12H2,1H3. The largest absolute Gasteiger partial charge is 0.462 e. The highest BCUT2D eigenvalue weighted by Crippen LogP contribution is 2.25. The van der Waals surface area contributed by atoms with Crippen molar-refractivity contribution in [2.45, 2.75) is 51.8 Å². The van der Waals surface area contributed by atoms with Crippen LogP contribution in [0.15, 0.2) is 28.7 Å². The second kappa shape index (κ2) is 6.59. The Balaban J connectivity index is 1.38. The molecule has 2 aliphatic carbocycles. The van der Waals surface area contributed by atoms with Gasteiger partial charge in [0.25, 0.3) is 0 Å². The number of hydrogen-bond acceptors (Lipinski definition) is 3. The molecule has 0 aromatic carbocycles. The van der Waals surface area contributed by atoms with Gasteiger partial charge in [0.15, 0.2) is 0 Å². The molecule has 1 saturated carbocycles. The van der Waals surface area contributed by atoms with E-state index in [4.69, 9.17) is 9.15 Å². The van der Waals surface area contributed by atoms with E-state index in [-0.39, 0.29) is 0 Å². The van der Waals surface area contributed by atoms with Crippen molar-refractivity contribution in [3.8, 4) is 0 Å². The summed E-state index contributed by atoms with van der Waals surface area (Å²) in [5.41, 5.74) is 0. The number of allylic oxidation sites excluding steroid dienone is 2. The number of hydrogen-bond donors (Lipinski definition) is 1. The molecule has 0 amide bonds. The normalized spacial score (nSPS) is 26.1. The van der Waals surface area contributed by atoms with E-state index in [1.165, 1.54) is 19.3 Å². The van der Waals surface area contributed by atoms with Gasteiger partial charge in [-0.2, -0.15) is 0 Å². The van der Waals surface area contributed by atoms with Crippen LogP contribution in [0.5, 0.6) is 0 Å². The molecule has 1 aromatic rings. The van der Waals surface area contributed by atoms with Crippen LogP contribution in [-0.4, -0.2) is 12.6 Å². The summed E-state index contributed by atoms with van der Waals surface area (Å²) in [6.45, 7) is 4.58. The van der Waals surface area contributed by atoms with Crippen molar-refractivity contribution >= 4 is 0 Å². The molecule has 0 bridgehead atoms. The van der Waals surface area contributed by atoms with Crippen LogP contribution in [0.3, 0.4) is 0 Å². The average molecular weight is 275 g/mol. The molecular formula is C17H25NO2. The van der Waals surface area contributed by atoms with Crippen LogP contribution >= 0.6 is 0 Å². The lowest BCUT2D eigenvalue weighted by Gasteiger charge is -2.24. The summed E-state index contributed by atoms with van der Waals surface area (Å²) in [4.78, 5) is 0. The summed E-state index contributed by atoms with van der Waals surface area (Å²) < 4.78 is 11.6. The van der Waals surface area contributed by atoms with Gasteiger partial charge in [0.1, 0.15) is 18.1 Å². The lowest BCUT2D eigenvalue weighted by molar-refractivity contribution is 0.0577. The average Bonchev–Trinajstić information content (AvgIpc) is 3.18. The zero-order valence-corrected chi connectivity index (χ0v) is 12.3. The Morgan fingerprint density at radius 2 is 2.00 bits per heavy atom. The summed E-state index contributed by atoms with van der Waals surface area (Å²) in [5.74, 6) is 3.35. The molecule has 0 radical (unpaired) electrons. The van der Waals surface area contributed by atoms with E-state index in [0.29, 0.717) is 12.5 Å². The Labute approximate surface area is 121 Å². The molecule has 1 heterocycles. The Kier molecular flexibility index (Phi) is 4.58. The van der Waals surface area contributed by atoms with Crippen LogP contribution in [-0.2, 0) is 17.9 Å². The molecule has 0 spiro atoms. The van der Waals surface area contributed by atoms with Gasteiger partial charge in [0, 0.05) is 6.04 Å². The lowest BCUT2D eigenvalue weighted by atomic mass is 9.85. The number of rotatable bonds is 7. The molecule has 3 nitrogen and oxygen atoms in total. The fraction of sp³-hybridized carbons (Fsp3) is 0.647. The zero-order valence-electron chi connectivity index (χ0n) is 12.3. The fourth-order valence-corrected chi connectivity index (χ4v) is 2.68.